The first-order valence-corrected chi connectivity index (χ1v) is 5.34. The van der Waals surface area contributed by atoms with E-state index in [1.54, 1.807) is 0 Å². The zero-order chi connectivity index (χ0) is 11.5. The van der Waals surface area contributed by atoms with Crippen LogP contribution in [0.4, 0.5) is 13.2 Å². The normalized spacial score (nSPS) is 23.0. The van der Waals surface area contributed by atoms with Gasteiger partial charge in [0.25, 0.3) is 0 Å². The third-order valence-corrected chi connectivity index (χ3v) is 3.06. The van der Waals surface area contributed by atoms with Crippen LogP contribution in [0.1, 0.15) is 38.5 Å². The van der Waals surface area contributed by atoms with Crippen LogP contribution in [0.25, 0.3) is 0 Å². The largest absolute Gasteiger partial charge is 0.414 e. The first-order valence-electron chi connectivity index (χ1n) is 5.34. The third kappa shape index (κ3) is 3.99. The Morgan fingerprint density at radius 1 is 1.07 bits per heavy atom. The zero-order valence-corrected chi connectivity index (χ0v) is 8.50. The van der Waals surface area contributed by atoms with Crippen molar-refractivity contribution >= 4 is 0 Å². The third-order valence-electron chi connectivity index (χ3n) is 3.06. The second-order valence-corrected chi connectivity index (χ2v) is 4.25. The lowest BCUT2D eigenvalue weighted by Crippen LogP contribution is -2.30. The molecule has 15 heavy (non-hydrogen) atoms. The van der Waals surface area contributed by atoms with Crippen LogP contribution in [0.2, 0.25) is 0 Å². The number of halogens is 3. The van der Waals surface area contributed by atoms with Crippen molar-refractivity contribution in [3.8, 4) is 0 Å². The van der Waals surface area contributed by atoms with Gasteiger partial charge >= 0.3 is 6.18 Å². The molecule has 2 nitrogen and oxygen atoms in total. The average molecular weight is 226 g/mol. The highest BCUT2D eigenvalue weighted by molar-refractivity contribution is 4.76. The minimum Gasteiger partial charge on any atom is -0.393 e. The Labute approximate surface area is 87.1 Å². The van der Waals surface area contributed by atoms with E-state index in [1.807, 2.05) is 0 Å². The lowest BCUT2D eigenvalue weighted by atomic mass is 9.96. The standard InChI is InChI=1S/C10H17F3O2/c11-10(12,13)9(15)6-5-8(14)7-3-1-2-4-7/h7-9,14-15H,1-6H2. The van der Waals surface area contributed by atoms with Crippen molar-refractivity contribution in [2.75, 3.05) is 0 Å². The van der Waals surface area contributed by atoms with Gasteiger partial charge in [-0.3, -0.25) is 0 Å². The van der Waals surface area contributed by atoms with Gasteiger partial charge in [0.05, 0.1) is 6.10 Å². The van der Waals surface area contributed by atoms with Crippen LogP contribution < -0.4 is 0 Å². The first-order chi connectivity index (χ1) is 6.91. The number of hydrogen-bond acceptors (Lipinski definition) is 2. The fraction of sp³-hybridized carbons (Fsp3) is 1.00. The molecule has 5 heteroatoms. The molecule has 0 bridgehead atoms. The van der Waals surface area contributed by atoms with Gasteiger partial charge in [0.2, 0.25) is 0 Å². The highest BCUT2D eigenvalue weighted by Crippen LogP contribution is 2.31. The van der Waals surface area contributed by atoms with E-state index in [-0.39, 0.29) is 12.3 Å². The molecule has 0 aromatic heterocycles. The van der Waals surface area contributed by atoms with Crippen molar-refractivity contribution < 1.29 is 23.4 Å². The maximum absolute atomic E-state index is 11.9. The minimum absolute atomic E-state index is 0.0331. The van der Waals surface area contributed by atoms with Crippen LogP contribution >= 0.6 is 0 Å². The maximum atomic E-state index is 11.9. The summed E-state index contributed by atoms with van der Waals surface area (Å²) in [6.07, 6.45) is -4.04. The van der Waals surface area contributed by atoms with Gasteiger partial charge in [-0.2, -0.15) is 13.2 Å². The average Bonchev–Trinajstić information content (AvgIpc) is 2.64. The molecule has 1 rings (SSSR count). The van der Waals surface area contributed by atoms with Gasteiger partial charge in [-0.05, 0) is 31.6 Å². The number of rotatable bonds is 4. The molecule has 0 amide bonds. The van der Waals surface area contributed by atoms with Crippen LogP contribution in [-0.4, -0.2) is 28.6 Å². The summed E-state index contributed by atoms with van der Waals surface area (Å²) in [7, 11) is 0. The second-order valence-electron chi connectivity index (χ2n) is 4.25. The number of alkyl halides is 3. The van der Waals surface area contributed by atoms with E-state index in [2.05, 4.69) is 0 Å². The molecule has 1 saturated carbocycles. The van der Waals surface area contributed by atoms with Gasteiger partial charge in [-0.15, -0.1) is 0 Å². The molecule has 1 aliphatic rings. The molecule has 2 atom stereocenters. The molecule has 2 N–H and O–H groups in total. The van der Waals surface area contributed by atoms with Crippen molar-refractivity contribution in [3.63, 3.8) is 0 Å². The molecular weight excluding hydrogens is 209 g/mol. The Balaban J connectivity index is 2.24. The highest BCUT2D eigenvalue weighted by Gasteiger charge is 2.38. The van der Waals surface area contributed by atoms with Crippen LogP contribution in [0.5, 0.6) is 0 Å². The van der Waals surface area contributed by atoms with Gasteiger partial charge in [0.1, 0.15) is 6.10 Å². The fourth-order valence-electron chi connectivity index (χ4n) is 2.07. The molecule has 1 fully saturated rings. The summed E-state index contributed by atoms with van der Waals surface area (Å²) >= 11 is 0. The second kappa shape index (κ2) is 5.16. The Hall–Kier alpha value is -0.290. The number of aliphatic hydroxyl groups is 2. The van der Waals surface area contributed by atoms with Gasteiger partial charge < -0.3 is 10.2 Å². The van der Waals surface area contributed by atoms with Crippen molar-refractivity contribution in [2.45, 2.75) is 56.9 Å². The smallest absolute Gasteiger partial charge is 0.393 e. The highest BCUT2D eigenvalue weighted by atomic mass is 19.4. The lowest BCUT2D eigenvalue weighted by Gasteiger charge is -2.20. The topological polar surface area (TPSA) is 40.5 Å². The summed E-state index contributed by atoms with van der Waals surface area (Å²) in [5.41, 5.74) is 0. The van der Waals surface area contributed by atoms with Crippen LogP contribution in [0.15, 0.2) is 0 Å². The predicted molar refractivity (Wildman–Crippen MR) is 49.3 cm³/mol. The van der Waals surface area contributed by atoms with E-state index in [9.17, 15) is 18.3 Å². The molecule has 90 valence electrons. The summed E-state index contributed by atoms with van der Waals surface area (Å²) in [4.78, 5) is 0. The van der Waals surface area contributed by atoms with Gasteiger partial charge in [0.15, 0.2) is 0 Å². The summed E-state index contributed by atoms with van der Waals surface area (Å²) in [6, 6.07) is 0. The van der Waals surface area contributed by atoms with E-state index in [1.165, 1.54) is 0 Å². The Morgan fingerprint density at radius 2 is 1.60 bits per heavy atom. The molecular formula is C10H17F3O2. The number of aliphatic hydroxyl groups excluding tert-OH is 2. The summed E-state index contributed by atoms with van der Waals surface area (Å²) in [5.74, 6) is 0.130. The van der Waals surface area contributed by atoms with E-state index in [0.717, 1.165) is 25.7 Å². The lowest BCUT2D eigenvalue weighted by molar-refractivity contribution is -0.207. The minimum atomic E-state index is -4.56. The van der Waals surface area contributed by atoms with Crippen molar-refractivity contribution in [2.24, 2.45) is 5.92 Å². The first kappa shape index (κ1) is 12.8. The van der Waals surface area contributed by atoms with Gasteiger partial charge in [-0.25, -0.2) is 0 Å². The predicted octanol–water partition coefficient (Wildman–Crippen LogP) is 2.24. The Morgan fingerprint density at radius 3 is 2.07 bits per heavy atom. The fourth-order valence-corrected chi connectivity index (χ4v) is 2.07. The van der Waals surface area contributed by atoms with Crippen LogP contribution in [0, 0.1) is 5.92 Å². The molecule has 0 aromatic carbocycles. The molecule has 2 unspecified atom stereocenters. The molecule has 0 radical (unpaired) electrons. The SMILES string of the molecule is OC(CCC(O)C(F)(F)F)C1CCCC1. The van der Waals surface area contributed by atoms with Crippen molar-refractivity contribution in [3.05, 3.63) is 0 Å². The van der Waals surface area contributed by atoms with E-state index < -0.39 is 24.8 Å². The molecule has 1 aliphatic carbocycles. The maximum Gasteiger partial charge on any atom is 0.414 e. The summed E-state index contributed by atoms with van der Waals surface area (Å²) in [5, 5.41) is 18.3. The zero-order valence-electron chi connectivity index (χ0n) is 8.50. The number of hydrogen-bond donors (Lipinski definition) is 2. The van der Waals surface area contributed by atoms with E-state index in [4.69, 9.17) is 5.11 Å². The molecule has 0 saturated heterocycles. The summed E-state index contributed by atoms with van der Waals surface area (Å²) < 4.78 is 35.8. The van der Waals surface area contributed by atoms with Crippen molar-refractivity contribution in [1.29, 1.82) is 0 Å². The monoisotopic (exact) mass is 226 g/mol. The Kier molecular flexibility index (Phi) is 4.40. The van der Waals surface area contributed by atoms with Gasteiger partial charge in [-0.1, -0.05) is 12.8 Å². The van der Waals surface area contributed by atoms with E-state index >= 15 is 0 Å². The molecule has 0 spiro atoms. The molecule has 0 heterocycles. The van der Waals surface area contributed by atoms with Gasteiger partial charge in [0, 0.05) is 0 Å². The Bertz CT molecular complexity index is 188. The van der Waals surface area contributed by atoms with E-state index in [0.29, 0.717) is 0 Å². The van der Waals surface area contributed by atoms with Crippen LogP contribution in [0.3, 0.4) is 0 Å². The van der Waals surface area contributed by atoms with Crippen LogP contribution in [-0.2, 0) is 0 Å². The molecule has 0 aliphatic heterocycles. The summed E-state index contributed by atoms with van der Waals surface area (Å²) in [6.45, 7) is 0. The quantitative estimate of drug-likeness (QED) is 0.771. The van der Waals surface area contributed by atoms with Crippen molar-refractivity contribution in [1.82, 2.24) is 0 Å². The molecule has 0 aromatic rings.